The number of aromatic nitrogens is 5. The lowest BCUT2D eigenvalue weighted by molar-refractivity contribution is 0.496. The van der Waals surface area contributed by atoms with Crippen LogP contribution in [0.5, 0.6) is 0 Å². The zero-order valence-electron chi connectivity index (χ0n) is 12.4. The van der Waals surface area contributed by atoms with Gasteiger partial charge in [-0.2, -0.15) is 5.10 Å². The third-order valence-electron chi connectivity index (χ3n) is 3.65. The maximum atomic E-state index is 14.1. The molecule has 8 heteroatoms. The second kappa shape index (κ2) is 5.19. The maximum Gasteiger partial charge on any atom is 0.161 e. The van der Waals surface area contributed by atoms with Gasteiger partial charge in [0.15, 0.2) is 17.3 Å². The van der Waals surface area contributed by atoms with Crippen molar-refractivity contribution in [1.29, 1.82) is 0 Å². The molecule has 4 aromatic rings. The average molecular weight is 329 g/mol. The van der Waals surface area contributed by atoms with Crippen molar-refractivity contribution in [1.82, 2.24) is 24.6 Å². The summed E-state index contributed by atoms with van der Waals surface area (Å²) in [6.07, 6.45) is 3.10. The van der Waals surface area contributed by atoms with E-state index in [1.165, 1.54) is 6.33 Å². The summed E-state index contributed by atoms with van der Waals surface area (Å²) in [5.41, 5.74) is 1.87. The van der Waals surface area contributed by atoms with Crippen LogP contribution in [0.25, 0.3) is 28.2 Å². The molecule has 0 saturated carbocycles. The van der Waals surface area contributed by atoms with Crippen molar-refractivity contribution in [3.8, 4) is 22.5 Å². The van der Waals surface area contributed by atoms with Crippen molar-refractivity contribution < 1.29 is 13.2 Å². The van der Waals surface area contributed by atoms with Gasteiger partial charge in [-0.25, -0.2) is 27.7 Å². The highest BCUT2D eigenvalue weighted by atomic mass is 19.2. The van der Waals surface area contributed by atoms with Gasteiger partial charge < -0.3 is 4.98 Å². The predicted molar refractivity (Wildman–Crippen MR) is 80.6 cm³/mol. The fraction of sp³-hybridized carbons (Fsp3) is 0.0625. The van der Waals surface area contributed by atoms with Crippen LogP contribution in [0.3, 0.4) is 0 Å². The molecular formula is C16H10F3N5. The Labute approximate surface area is 133 Å². The van der Waals surface area contributed by atoms with Crippen LogP contribution in [0.2, 0.25) is 0 Å². The van der Waals surface area contributed by atoms with Gasteiger partial charge in [0.2, 0.25) is 0 Å². The molecule has 24 heavy (non-hydrogen) atoms. The first-order valence-electron chi connectivity index (χ1n) is 7.04. The van der Waals surface area contributed by atoms with Gasteiger partial charge in [-0.15, -0.1) is 0 Å². The Morgan fingerprint density at radius 1 is 1.04 bits per heavy atom. The second-order valence-electron chi connectivity index (χ2n) is 5.27. The van der Waals surface area contributed by atoms with Crippen molar-refractivity contribution in [3.05, 3.63) is 60.1 Å². The zero-order valence-corrected chi connectivity index (χ0v) is 12.4. The molecule has 3 aromatic heterocycles. The fourth-order valence-corrected chi connectivity index (χ4v) is 2.56. The minimum absolute atomic E-state index is 0.119. The average Bonchev–Trinajstić information content (AvgIpc) is 3.16. The molecule has 0 amide bonds. The Kier molecular flexibility index (Phi) is 3.12. The monoisotopic (exact) mass is 329 g/mol. The van der Waals surface area contributed by atoms with E-state index in [1.807, 2.05) is 0 Å². The molecule has 0 radical (unpaired) electrons. The SMILES string of the molecule is Cc1nc(-c2cc(F)c(F)cc2F)c(-c2ccc3ncnn3c2)[nH]1. The number of H-pyrrole nitrogens is 1. The van der Waals surface area contributed by atoms with E-state index in [4.69, 9.17) is 0 Å². The van der Waals surface area contributed by atoms with Crippen LogP contribution in [0.1, 0.15) is 5.82 Å². The summed E-state index contributed by atoms with van der Waals surface area (Å²) >= 11 is 0. The number of aryl methyl sites for hydroxylation is 1. The highest BCUT2D eigenvalue weighted by molar-refractivity contribution is 5.79. The minimum atomic E-state index is -1.24. The molecule has 120 valence electrons. The minimum Gasteiger partial charge on any atom is -0.342 e. The molecule has 0 fully saturated rings. The fourth-order valence-electron chi connectivity index (χ4n) is 2.56. The van der Waals surface area contributed by atoms with Gasteiger partial charge in [-0.05, 0) is 25.1 Å². The highest BCUT2D eigenvalue weighted by Crippen LogP contribution is 2.32. The van der Waals surface area contributed by atoms with Crippen molar-refractivity contribution in [3.63, 3.8) is 0 Å². The van der Waals surface area contributed by atoms with Crippen molar-refractivity contribution >= 4 is 5.65 Å². The maximum absolute atomic E-state index is 14.1. The molecular weight excluding hydrogens is 319 g/mol. The first-order chi connectivity index (χ1) is 11.5. The van der Waals surface area contributed by atoms with Gasteiger partial charge in [0.1, 0.15) is 18.0 Å². The third-order valence-corrected chi connectivity index (χ3v) is 3.65. The van der Waals surface area contributed by atoms with Crippen LogP contribution in [0.4, 0.5) is 13.2 Å². The number of benzene rings is 1. The van der Waals surface area contributed by atoms with Crippen LogP contribution in [-0.4, -0.2) is 24.6 Å². The van der Waals surface area contributed by atoms with E-state index in [-0.39, 0.29) is 11.3 Å². The van der Waals surface area contributed by atoms with Crippen LogP contribution in [0.15, 0.2) is 36.8 Å². The number of pyridine rings is 1. The number of fused-ring (bicyclic) bond motifs is 1. The lowest BCUT2D eigenvalue weighted by atomic mass is 10.1. The normalized spacial score (nSPS) is 11.3. The molecule has 3 heterocycles. The molecule has 0 aliphatic rings. The first kappa shape index (κ1) is 14.4. The molecule has 1 N–H and O–H groups in total. The molecule has 1 aromatic carbocycles. The smallest absolute Gasteiger partial charge is 0.161 e. The van der Waals surface area contributed by atoms with Crippen LogP contribution in [0, 0.1) is 24.4 Å². The Morgan fingerprint density at radius 3 is 2.67 bits per heavy atom. The Hall–Kier alpha value is -3.16. The lowest BCUT2D eigenvalue weighted by Crippen LogP contribution is -1.94. The van der Waals surface area contributed by atoms with Crippen molar-refractivity contribution in [2.45, 2.75) is 6.92 Å². The molecule has 0 aliphatic heterocycles. The van der Waals surface area contributed by atoms with Gasteiger partial charge >= 0.3 is 0 Å². The Morgan fingerprint density at radius 2 is 1.83 bits per heavy atom. The van der Waals surface area contributed by atoms with E-state index in [9.17, 15) is 13.2 Å². The molecule has 0 bridgehead atoms. The van der Waals surface area contributed by atoms with E-state index in [1.54, 1.807) is 29.8 Å². The quantitative estimate of drug-likeness (QED) is 0.573. The summed E-state index contributed by atoms with van der Waals surface area (Å²) in [5, 5.41) is 4.04. The number of hydrogen-bond donors (Lipinski definition) is 1. The van der Waals surface area contributed by atoms with Crippen molar-refractivity contribution in [2.75, 3.05) is 0 Å². The summed E-state index contributed by atoms with van der Waals surface area (Å²) in [4.78, 5) is 11.3. The first-order valence-corrected chi connectivity index (χ1v) is 7.04. The number of aromatic amines is 1. The molecule has 5 nitrogen and oxygen atoms in total. The number of hydrogen-bond acceptors (Lipinski definition) is 3. The van der Waals surface area contributed by atoms with Crippen LogP contribution in [-0.2, 0) is 0 Å². The van der Waals surface area contributed by atoms with Crippen LogP contribution >= 0.6 is 0 Å². The van der Waals surface area contributed by atoms with Gasteiger partial charge in [0.25, 0.3) is 0 Å². The highest BCUT2D eigenvalue weighted by Gasteiger charge is 2.19. The number of nitrogens with zero attached hydrogens (tertiary/aromatic N) is 4. The zero-order chi connectivity index (χ0) is 16.8. The molecule has 0 saturated heterocycles. The molecule has 4 rings (SSSR count). The second-order valence-corrected chi connectivity index (χ2v) is 5.27. The topological polar surface area (TPSA) is 58.9 Å². The number of imidazole rings is 1. The number of rotatable bonds is 2. The largest absolute Gasteiger partial charge is 0.342 e. The van der Waals surface area contributed by atoms with Gasteiger partial charge in [0, 0.05) is 23.4 Å². The van der Waals surface area contributed by atoms with E-state index >= 15 is 0 Å². The lowest BCUT2D eigenvalue weighted by Gasteiger charge is -2.06. The molecule has 0 atom stereocenters. The van der Waals surface area contributed by atoms with E-state index in [0.29, 0.717) is 28.8 Å². The van der Waals surface area contributed by atoms with Crippen molar-refractivity contribution in [2.24, 2.45) is 0 Å². The standard InChI is InChI=1S/C16H10F3N5/c1-8-22-15(9-2-3-14-20-7-21-24(14)6-9)16(23-8)10-4-12(18)13(19)5-11(10)17/h2-7H,1H3,(H,22,23). The molecule has 0 aliphatic carbocycles. The summed E-state index contributed by atoms with van der Waals surface area (Å²) in [6, 6.07) is 4.82. The summed E-state index contributed by atoms with van der Waals surface area (Å²) in [5.74, 6) is -2.75. The van der Waals surface area contributed by atoms with Gasteiger partial charge in [-0.3, -0.25) is 0 Å². The van der Waals surface area contributed by atoms with E-state index in [2.05, 4.69) is 20.1 Å². The third kappa shape index (κ3) is 2.23. The predicted octanol–water partition coefficient (Wildman–Crippen LogP) is 3.51. The van der Waals surface area contributed by atoms with E-state index in [0.717, 1.165) is 6.07 Å². The van der Waals surface area contributed by atoms with Crippen LogP contribution < -0.4 is 0 Å². The number of nitrogens with one attached hydrogen (secondary N) is 1. The molecule has 0 spiro atoms. The number of halogens is 3. The van der Waals surface area contributed by atoms with E-state index < -0.39 is 17.5 Å². The summed E-state index contributed by atoms with van der Waals surface area (Å²) in [6.45, 7) is 1.69. The van der Waals surface area contributed by atoms with Gasteiger partial charge in [0.05, 0.1) is 11.4 Å². The van der Waals surface area contributed by atoms with Gasteiger partial charge in [-0.1, -0.05) is 0 Å². The molecule has 0 unspecified atom stereocenters. The Bertz CT molecular complexity index is 1070. The summed E-state index contributed by atoms with van der Waals surface area (Å²) < 4.78 is 42.4. The Balaban J connectivity index is 1.94. The summed E-state index contributed by atoms with van der Waals surface area (Å²) in [7, 11) is 0.